The molecule has 3 rings (SSSR count). The number of rotatable bonds is 5. The molecule has 1 fully saturated rings. The number of hydrogen-bond acceptors (Lipinski definition) is 4. The molecule has 0 saturated carbocycles. The van der Waals surface area contributed by atoms with Crippen molar-refractivity contribution in [1.82, 2.24) is 4.90 Å². The predicted octanol–water partition coefficient (Wildman–Crippen LogP) is 2.87. The molecule has 2 aliphatic heterocycles. The van der Waals surface area contributed by atoms with Crippen molar-refractivity contribution in [2.45, 2.75) is 19.8 Å². The van der Waals surface area contributed by atoms with Gasteiger partial charge in [-0.25, -0.2) is 4.85 Å². The van der Waals surface area contributed by atoms with E-state index < -0.39 is 24.3 Å². The van der Waals surface area contributed by atoms with Crippen molar-refractivity contribution in [3.8, 4) is 0 Å². The molecular formula is C22H21N3O4. The van der Waals surface area contributed by atoms with Gasteiger partial charge >= 0.3 is 5.97 Å². The Morgan fingerprint density at radius 1 is 1.17 bits per heavy atom. The van der Waals surface area contributed by atoms with Crippen LogP contribution in [0.1, 0.15) is 25.3 Å². The molecule has 7 nitrogen and oxygen atoms in total. The van der Waals surface area contributed by atoms with E-state index in [0.717, 1.165) is 18.7 Å². The van der Waals surface area contributed by atoms with Gasteiger partial charge in [0.25, 0.3) is 17.5 Å². The molecule has 0 aliphatic carbocycles. The maximum absolute atomic E-state index is 12.6. The Kier molecular flexibility index (Phi) is 5.93. The normalized spacial score (nSPS) is 18.8. The van der Waals surface area contributed by atoms with Gasteiger partial charge in [0.2, 0.25) is 0 Å². The number of benzene rings is 1. The summed E-state index contributed by atoms with van der Waals surface area (Å²) in [5, 5.41) is 8.96. The predicted molar refractivity (Wildman–Crippen MR) is 109 cm³/mol. The van der Waals surface area contributed by atoms with Gasteiger partial charge in [-0.05, 0) is 43.0 Å². The van der Waals surface area contributed by atoms with Gasteiger partial charge in [-0.15, -0.1) is 0 Å². The highest BCUT2D eigenvalue weighted by molar-refractivity contribution is 6.18. The van der Waals surface area contributed by atoms with Crippen LogP contribution in [0.15, 0.2) is 53.3 Å². The van der Waals surface area contributed by atoms with Gasteiger partial charge in [0, 0.05) is 24.4 Å². The molecular weight excluding hydrogens is 370 g/mol. The van der Waals surface area contributed by atoms with Crippen LogP contribution >= 0.6 is 0 Å². The SMILES string of the molecule is [C-]#[N+]C1=C(C)C(=CC=Cc2ccc(N3CCCC3)cc2)C(=O)N(CC(=O)O)C1=O. The lowest BCUT2D eigenvalue weighted by molar-refractivity contribution is -0.149. The zero-order chi connectivity index (χ0) is 21.0. The highest BCUT2D eigenvalue weighted by Crippen LogP contribution is 2.26. The molecule has 29 heavy (non-hydrogen) atoms. The Morgan fingerprint density at radius 3 is 2.41 bits per heavy atom. The van der Waals surface area contributed by atoms with Gasteiger partial charge in [0.1, 0.15) is 6.54 Å². The molecule has 0 radical (unpaired) electrons. The van der Waals surface area contributed by atoms with Gasteiger partial charge in [-0.3, -0.25) is 19.3 Å². The van der Waals surface area contributed by atoms with Crippen LogP contribution in [0.3, 0.4) is 0 Å². The lowest BCUT2D eigenvalue weighted by Crippen LogP contribution is -2.45. The monoisotopic (exact) mass is 391 g/mol. The second-order valence-corrected chi connectivity index (χ2v) is 6.90. The van der Waals surface area contributed by atoms with Crippen molar-refractivity contribution in [3.05, 3.63) is 70.2 Å². The van der Waals surface area contributed by atoms with E-state index in [4.69, 9.17) is 11.7 Å². The van der Waals surface area contributed by atoms with Gasteiger partial charge in [-0.2, -0.15) is 0 Å². The minimum Gasteiger partial charge on any atom is -0.480 e. The smallest absolute Gasteiger partial charge is 0.323 e. The van der Waals surface area contributed by atoms with Crippen molar-refractivity contribution in [3.63, 3.8) is 0 Å². The summed E-state index contributed by atoms with van der Waals surface area (Å²) in [4.78, 5) is 41.9. The van der Waals surface area contributed by atoms with E-state index in [0.29, 0.717) is 4.90 Å². The Balaban J connectivity index is 1.83. The van der Waals surface area contributed by atoms with Gasteiger partial charge in [0.05, 0.1) is 6.57 Å². The van der Waals surface area contributed by atoms with E-state index >= 15 is 0 Å². The Bertz CT molecular complexity index is 974. The lowest BCUT2D eigenvalue weighted by atomic mass is 9.98. The fourth-order valence-corrected chi connectivity index (χ4v) is 3.45. The first-order chi connectivity index (χ1) is 13.9. The summed E-state index contributed by atoms with van der Waals surface area (Å²) in [6, 6.07) is 8.08. The molecule has 0 spiro atoms. The van der Waals surface area contributed by atoms with Crippen molar-refractivity contribution >= 4 is 29.5 Å². The molecule has 7 heteroatoms. The van der Waals surface area contributed by atoms with Crippen molar-refractivity contribution in [1.29, 1.82) is 0 Å². The molecule has 0 atom stereocenters. The Hall–Kier alpha value is -3.66. The molecule has 1 aromatic rings. The summed E-state index contributed by atoms with van der Waals surface area (Å²) in [5.41, 5.74) is 2.29. The van der Waals surface area contributed by atoms with E-state index in [9.17, 15) is 14.4 Å². The Labute approximate surface area is 169 Å². The highest BCUT2D eigenvalue weighted by Gasteiger charge is 2.36. The van der Waals surface area contributed by atoms with Crippen LogP contribution in [0.25, 0.3) is 10.9 Å². The fraction of sp³-hybridized carbons (Fsp3) is 0.273. The van der Waals surface area contributed by atoms with Gasteiger partial charge in [-0.1, -0.05) is 30.4 Å². The van der Waals surface area contributed by atoms with Gasteiger partial charge < -0.3 is 10.0 Å². The van der Waals surface area contributed by atoms with Crippen LogP contribution in [-0.2, 0) is 14.4 Å². The first kappa shape index (κ1) is 20.1. The molecule has 2 heterocycles. The summed E-state index contributed by atoms with van der Waals surface area (Å²) >= 11 is 0. The van der Waals surface area contributed by atoms with Gasteiger partial charge in [0.15, 0.2) is 0 Å². The second kappa shape index (κ2) is 8.57. The standard InChI is InChI=1S/C22H21N3O4/c1-15-18(21(28)25(14-19(26)27)22(29)20(15)23-2)7-5-6-16-8-10-17(11-9-16)24-12-3-4-13-24/h5-11H,3-4,12-14H2,1H3,(H,26,27). The summed E-state index contributed by atoms with van der Waals surface area (Å²) in [6.45, 7) is 10.1. The topological polar surface area (TPSA) is 82.3 Å². The third kappa shape index (κ3) is 4.27. The highest BCUT2D eigenvalue weighted by atomic mass is 16.4. The number of anilines is 1. The first-order valence-corrected chi connectivity index (χ1v) is 9.32. The quantitative estimate of drug-likeness (QED) is 0.474. The molecule has 0 bridgehead atoms. The minimum atomic E-state index is -1.32. The number of carbonyl (C=O) groups excluding carboxylic acids is 2. The van der Waals surface area contributed by atoms with E-state index in [-0.39, 0.29) is 16.8 Å². The maximum Gasteiger partial charge on any atom is 0.323 e. The van der Waals surface area contributed by atoms with Crippen LogP contribution in [0.4, 0.5) is 5.69 Å². The maximum atomic E-state index is 12.6. The number of aliphatic carboxylic acids is 1. The zero-order valence-corrected chi connectivity index (χ0v) is 16.1. The lowest BCUT2D eigenvalue weighted by Gasteiger charge is -2.26. The summed E-state index contributed by atoms with van der Waals surface area (Å²) in [5.74, 6) is -2.90. The average molecular weight is 391 g/mol. The number of carbonyl (C=O) groups is 3. The molecule has 1 aromatic carbocycles. The Morgan fingerprint density at radius 2 is 1.83 bits per heavy atom. The van der Waals surface area contributed by atoms with Crippen LogP contribution in [0.2, 0.25) is 0 Å². The largest absolute Gasteiger partial charge is 0.480 e. The number of imide groups is 1. The zero-order valence-electron chi connectivity index (χ0n) is 16.1. The van der Waals surface area contributed by atoms with Crippen molar-refractivity contribution in [2.24, 2.45) is 0 Å². The second-order valence-electron chi connectivity index (χ2n) is 6.90. The van der Waals surface area contributed by atoms with E-state index in [1.165, 1.54) is 31.5 Å². The molecule has 2 aliphatic rings. The van der Waals surface area contributed by atoms with E-state index in [1.807, 2.05) is 18.2 Å². The molecule has 0 unspecified atom stereocenters. The number of hydrogen-bond donors (Lipinski definition) is 1. The van der Waals surface area contributed by atoms with E-state index in [2.05, 4.69) is 21.9 Å². The third-order valence-electron chi connectivity index (χ3n) is 5.00. The molecule has 1 N–H and O–H groups in total. The number of amides is 2. The summed E-state index contributed by atoms with van der Waals surface area (Å²) in [6.07, 6.45) is 7.42. The molecule has 0 aromatic heterocycles. The summed E-state index contributed by atoms with van der Waals surface area (Å²) < 4.78 is 0. The van der Waals surface area contributed by atoms with Crippen LogP contribution < -0.4 is 4.90 Å². The number of nitrogens with zero attached hydrogens (tertiary/aromatic N) is 3. The fourth-order valence-electron chi connectivity index (χ4n) is 3.45. The number of carboxylic acids is 1. The van der Waals surface area contributed by atoms with Crippen molar-refractivity contribution < 1.29 is 19.5 Å². The van der Waals surface area contributed by atoms with Crippen LogP contribution in [-0.4, -0.2) is 47.4 Å². The minimum absolute atomic E-state index is 0.141. The van der Waals surface area contributed by atoms with Crippen LogP contribution in [0.5, 0.6) is 0 Å². The first-order valence-electron chi connectivity index (χ1n) is 9.32. The third-order valence-corrected chi connectivity index (χ3v) is 5.00. The van der Waals surface area contributed by atoms with Crippen molar-refractivity contribution in [2.75, 3.05) is 24.5 Å². The summed E-state index contributed by atoms with van der Waals surface area (Å²) in [7, 11) is 0. The molecule has 2 amide bonds. The van der Waals surface area contributed by atoms with E-state index in [1.54, 1.807) is 6.08 Å². The molecule has 1 saturated heterocycles. The van der Waals surface area contributed by atoms with Crippen LogP contribution in [0, 0.1) is 6.57 Å². The average Bonchev–Trinajstić information content (AvgIpc) is 3.23. The number of carboxylic acid groups (broad SMARTS) is 1. The molecule has 148 valence electrons. The number of allylic oxidation sites excluding steroid dienone is 2.